The van der Waals surface area contributed by atoms with E-state index in [0.717, 1.165) is 43.5 Å². The van der Waals surface area contributed by atoms with Gasteiger partial charge in [-0.05, 0) is 20.9 Å². The Morgan fingerprint density at radius 1 is 1.00 bits per heavy atom. The smallest absolute Gasteiger partial charge is 0.132 e. The van der Waals surface area contributed by atoms with Crippen LogP contribution in [0, 0.1) is 13.8 Å². The number of hydrogen-bond acceptors (Lipinski definition) is 4. The zero-order valence-electron chi connectivity index (χ0n) is 11.7. The van der Waals surface area contributed by atoms with Gasteiger partial charge in [0.1, 0.15) is 11.6 Å². The quantitative estimate of drug-likeness (QED) is 0.745. The number of aryl methyl sites for hydroxylation is 2. The lowest BCUT2D eigenvalue weighted by Gasteiger charge is -2.33. The third-order valence-electron chi connectivity index (χ3n) is 2.78. The molecule has 1 saturated heterocycles. The third-order valence-corrected chi connectivity index (χ3v) is 2.78. The van der Waals surface area contributed by atoms with Crippen molar-refractivity contribution >= 4 is 5.82 Å². The molecule has 96 valence electrons. The van der Waals surface area contributed by atoms with Crippen LogP contribution in [0.4, 0.5) is 5.82 Å². The molecular weight excluding hydrogens is 212 g/mol. The van der Waals surface area contributed by atoms with Gasteiger partial charge in [0, 0.05) is 37.9 Å². The Bertz CT molecular complexity index is 323. The number of piperazine rings is 1. The van der Waals surface area contributed by atoms with Gasteiger partial charge in [0.05, 0.1) is 0 Å². The third kappa shape index (κ3) is 3.97. The van der Waals surface area contributed by atoms with Gasteiger partial charge >= 0.3 is 0 Å². The van der Waals surface area contributed by atoms with Crippen molar-refractivity contribution < 1.29 is 0 Å². The molecule has 4 nitrogen and oxygen atoms in total. The van der Waals surface area contributed by atoms with E-state index >= 15 is 0 Å². The minimum Gasteiger partial charge on any atom is -0.354 e. The minimum absolute atomic E-state index is 0.865. The van der Waals surface area contributed by atoms with Crippen LogP contribution in [0.2, 0.25) is 0 Å². The first-order chi connectivity index (χ1) is 8.15. The topological polar surface area (TPSA) is 32.3 Å². The molecule has 0 unspecified atom stereocenters. The number of nitrogens with zero attached hydrogens (tertiary/aromatic N) is 4. The van der Waals surface area contributed by atoms with Crippen LogP contribution >= 0.6 is 0 Å². The fourth-order valence-corrected chi connectivity index (χ4v) is 1.89. The highest BCUT2D eigenvalue weighted by Crippen LogP contribution is 2.14. The molecule has 0 spiro atoms. The predicted molar refractivity (Wildman–Crippen MR) is 72.6 cm³/mol. The average molecular weight is 236 g/mol. The molecule has 4 heteroatoms. The largest absolute Gasteiger partial charge is 0.354 e. The highest BCUT2D eigenvalue weighted by molar-refractivity contribution is 5.40. The van der Waals surface area contributed by atoms with Gasteiger partial charge in [0.25, 0.3) is 0 Å². The Labute approximate surface area is 105 Å². The maximum absolute atomic E-state index is 4.48. The first-order valence-corrected chi connectivity index (χ1v) is 6.41. The van der Waals surface area contributed by atoms with Crippen molar-refractivity contribution in [3.63, 3.8) is 0 Å². The van der Waals surface area contributed by atoms with Crippen molar-refractivity contribution in [2.45, 2.75) is 27.7 Å². The maximum atomic E-state index is 4.48. The molecule has 1 aliphatic rings. The summed E-state index contributed by atoms with van der Waals surface area (Å²) in [5, 5.41) is 0. The molecule has 17 heavy (non-hydrogen) atoms. The van der Waals surface area contributed by atoms with Gasteiger partial charge in [0.2, 0.25) is 0 Å². The summed E-state index contributed by atoms with van der Waals surface area (Å²) >= 11 is 0. The summed E-state index contributed by atoms with van der Waals surface area (Å²) in [4.78, 5) is 13.5. The van der Waals surface area contributed by atoms with E-state index in [4.69, 9.17) is 0 Å². The van der Waals surface area contributed by atoms with E-state index in [-0.39, 0.29) is 0 Å². The molecule has 1 aromatic heterocycles. The standard InChI is InChI=1S/C11H18N4.C2H6/c1-9-8-11(13-10(2)12-9)15-6-4-14(3)5-7-15;1-2/h8H,4-7H2,1-3H3;1-2H3. The Hall–Kier alpha value is -1.16. The Morgan fingerprint density at radius 3 is 2.12 bits per heavy atom. The normalized spacial score (nSPS) is 16.4. The fraction of sp³-hybridized carbons (Fsp3) is 0.692. The summed E-state index contributed by atoms with van der Waals surface area (Å²) < 4.78 is 0. The van der Waals surface area contributed by atoms with Crippen LogP contribution in [0.1, 0.15) is 25.4 Å². The summed E-state index contributed by atoms with van der Waals surface area (Å²) in [7, 11) is 2.16. The van der Waals surface area contributed by atoms with E-state index in [2.05, 4.69) is 32.9 Å². The van der Waals surface area contributed by atoms with Gasteiger partial charge in [-0.3, -0.25) is 0 Å². The van der Waals surface area contributed by atoms with Crippen LogP contribution in [-0.4, -0.2) is 48.1 Å². The van der Waals surface area contributed by atoms with Crippen LogP contribution in [0.3, 0.4) is 0 Å². The van der Waals surface area contributed by atoms with E-state index < -0.39 is 0 Å². The Morgan fingerprint density at radius 2 is 1.59 bits per heavy atom. The molecule has 0 N–H and O–H groups in total. The summed E-state index contributed by atoms with van der Waals surface area (Å²) in [5.41, 5.74) is 1.05. The number of rotatable bonds is 1. The van der Waals surface area contributed by atoms with Crippen molar-refractivity contribution in [3.8, 4) is 0 Å². The van der Waals surface area contributed by atoms with Gasteiger partial charge < -0.3 is 9.80 Å². The first kappa shape index (κ1) is 13.9. The predicted octanol–water partition coefficient (Wildman–Crippen LogP) is 1.87. The van der Waals surface area contributed by atoms with Crippen molar-refractivity contribution in [3.05, 3.63) is 17.6 Å². The van der Waals surface area contributed by atoms with Gasteiger partial charge in [-0.1, -0.05) is 13.8 Å². The molecule has 2 heterocycles. The zero-order chi connectivity index (χ0) is 12.8. The minimum atomic E-state index is 0.865. The second-order valence-corrected chi connectivity index (χ2v) is 4.21. The second-order valence-electron chi connectivity index (χ2n) is 4.21. The molecule has 2 rings (SSSR count). The van der Waals surface area contributed by atoms with E-state index in [1.807, 2.05) is 27.7 Å². The Balaban J connectivity index is 0.000000686. The summed E-state index contributed by atoms with van der Waals surface area (Å²) in [5.74, 6) is 1.94. The average Bonchev–Trinajstić information content (AvgIpc) is 2.31. The molecule has 0 radical (unpaired) electrons. The van der Waals surface area contributed by atoms with Gasteiger partial charge in [-0.15, -0.1) is 0 Å². The second kappa shape index (κ2) is 6.55. The van der Waals surface area contributed by atoms with E-state index in [9.17, 15) is 0 Å². The zero-order valence-corrected chi connectivity index (χ0v) is 11.7. The van der Waals surface area contributed by atoms with Gasteiger partial charge in [-0.2, -0.15) is 0 Å². The van der Waals surface area contributed by atoms with E-state index in [0.29, 0.717) is 0 Å². The molecule has 0 aromatic carbocycles. The van der Waals surface area contributed by atoms with E-state index in [1.165, 1.54) is 0 Å². The summed E-state index contributed by atoms with van der Waals surface area (Å²) in [6.45, 7) is 12.3. The number of aromatic nitrogens is 2. The molecule has 0 aliphatic carbocycles. The van der Waals surface area contributed by atoms with Crippen LogP contribution in [0.5, 0.6) is 0 Å². The molecule has 1 fully saturated rings. The van der Waals surface area contributed by atoms with Gasteiger partial charge in [0.15, 0.2) is 0 Å². The van der Waals surface area contributed by atoms with Crippen molar-refractivity contribution in [2.24, 2.45) is 0 Å². The lowest BCUT2D eigenvalue weighted by molar-refractivity contribution is 0.312. The highest BCUT2D eigenvalue weighted by Gasteiger charge is 2.15. The molecule has 0 amide bonds. The van der Waals surface area contributed by atoms with Crippen molar-refractivity contribution in [2.75, 3.05) is 38.1 Å². The van der Waals surface area contributed by atoms with Crippen LogP contribution in [-0.2, 0) is 0 Å². The molecule has 0 bridgehead atoms. The molecular formula is C13H24N4. The van der Waals surface area contributed by atoms with Gasteiger partial charge in [-0.25, -0.2) is 9.97 Å². The lowest BCUT2D eigenvalue weighted by atomic mass is 10.3. The molecule has 1 aromatic rings. The number of anilines is 1. The first-order valence-electron chi connectivity index (χ1n) is 6.41. The van der Waals surface area contributed by atoms with Crippen LogP contribution in [0.15, 0.2) is 6.07 Å². The molecule has 0 atom stereocenters. The SMILES string of the molecule is CC.Cc1cc(N2CCN(C)CC2)nc(C)n1. The summed E-state index contributed by atoms with van der Waals surface area (Å²) in [6, 6.07) is 2.07. The molecule has 1 aliphatic heterocycles. The lowest BCUT2D eigenvalue weighted by Crippen LogP contribution is -2.44. The Kier molecular flexibility index (Phi) is 5.35. The fourth-order valence-electron chi connectivity index (χ4n) is 1.89. The van der Waals surface area contributed by atoms with Crippen LogP contribution in [0.25, 0.3) is 0 Å². The number of likely N-dealkylation sites (N-methyl/N-ethyl adjacent to an activating group) is 1. The van der Waals surface area contributed by atoms with Crippen molar-refractivity contribution in [1.29, 1.82) is 0 Å². The maximum Gasteiger partial charge on any atom is 0.132 e. The van der Waals surface area contributed by atoms with Crippen molar-refractivity contribution in [1.82, 2.24) is 14.9 Å². The monoisotopic (exact) mass is 236 g/mol. The van der Waals surface area contributed by atoms with E-state index in [1.54, 1.807) is 0 Å². The highest BCUT2D eigenvalue weighted by atomic mass is 15.3. The number of hydrogen-bond donors (Lipinski definition) is 0. The summed E-state index contributed by atoms with van der Waals surface area (Å²) in [6.07, 6.45) is 0. The van der Waals surface area contributed by atoms with Crippen LogP contribution < -0.4 is 4.90 Å². The molecule has 0 saturated carbocycles.